The number of benzene rings is 2. The van der Waals surface area contributed by atoms with Crippen LogP contribution in [-0.4, -0.2) is 24.4 Å². The number of hydrogen-bond donors (Lipinski definition) is 2. The fourth-order valence-electron chi connectivity index (χ4n) is 3.19. The molecule has 0 unspecified atom stereocenters. The SMILES string of the molecule is COc1cc2c(cc1OC)-c1n[nH]c(Nc3ccccc3C)c1C2. The maximum atomic E-state index is 5.42. The molecule has 0 amide bonds. The van der Waals surface area contributed by atoms with Crippen LogP contribution in [0.4, 0.5) is 11.5 Å². The maximum Gasteiger partial charge on any atom is 0.161 e. The van der Waals surface area contributed by atoms with Gasteiger partial charge in [0.25, 0.3) is 0 Å². The lowest BCUT2D eigenvalue weighted by molar-refractivity contribution is 0.355. The van der Waals surface area contributed by atoms with Gasteiger partial charge >= 0.3 is 0 Å². The number of H-pyrrole nitrogens is 1. The van der Waals surface area contributed by atoms with Crippen molar-refractivity contribution in [1.29, 1.82) is 0 Å². The normalized spacial score (nSPS) is 11.8. The van der Waals surface area contributed by atoms with Gasteiger partial charge in [0.05, 0.1) is 19.9 Å². The predicted octanol–water partition coefficient (Wildman–Crippen LogP) is 4.05. The third kappa shape index (κ3) is 2.21. The van der Waals surface area contributed by atoms with E-state index in [-0.39, 0.29) is 0 Å². The molecule has 2 N–H and O–H groups in total. The Morgan fingerprint density at radius 1 is 1.08 bits per heavy atom. The van der Waals surface area contributed by atoms with Crippen LogP contribution in [0.5, 0.6) is 11.5 Å². The average Bonchev–Trinajstić information content (AvgIpc) is 3.15. The van der Waals surface area contributed by atoms with E-state index in [1.165, 1.54) is 16.7 Å². The van der Waals surface area contributed by atoms with Crippen molar-refractivity contribution in [3.8, 4) is 22.8 Å². The first-order valence-corrected chi connectivity index (χ1v) is 7.86. The lowest BCUT2D eigenvalue weighted by atomic mass is 10.1. The van der Waals surface area contributed by atoms with E-state index >= 15 is 0 Å². The monoisotopic (exact) mass is 321 g/mol. The molecule has 0 saturated heterocycles. The first-order chi connectivity index (χ1) is 11.7. The molecule has 5 nitrogen and oxygen atoms in total. The van der Waals surface area contributed by atoms with Gasteiger partial charge in [0.1, 0.15) is 5.82 Å². The lowest BCUT2D eigenvalue weighted by Gasteiger charge is -2.10. The van der Waals surface area contributed by atoms with Crippen LogP contribution in [0.2, 0.25) is 0 Å². The third-order valence-electron chi connectivity index (χ3n) is 4.50. The van der Waals surface area contributed by atoms with E-state index in [1.807, 2.05) is 24.3 Å². The molecule has 24 heavy (non-hydrogen) atoms. The summed E-state index contributed by atoms with van der Waals surface area (Å²) in [4.78, 5) is 0. The molecule has 0 radical (unpaired) electrons. The number of fused-ring (bicyclic) bond motifs is 3. The molecule has 0 spiro atoms. The van der Waals surface area contributed by atoms with Crippen molar-refractivity contribution in [3.05, 3.63) is 53.1 Å². The minimum absolute atomic E-state index is 0.723. The molecule has 5 heteroatoms. The summed E-state index contributed by atoms with van der Waals surface area (Å²) in [5.41, 5.74) is 6.71. The van der Waals surface area contributed by atoms with E-state index in [1.54, 1.807) is 14.2 Å². The molecule has 1 aliphatic carbocycles. The Hall–Kier alpha value is -2.95. The van der Waals surface area contributed by atoms with Crippen molar-refractivity contribution in [2.24, 2.45) is 0 Å². The molecule has 2 aromatic carbocycles. The number of rotatable bonds is 4. The van der Waals surface area contributed by atoms with E-state index < -0.39 is 0 Å². The highest BCUT2D eigenvalue weighted by atomic mass is 16.5. The number of hydrogen-bond acceptors (Lipinski definition) is 4. The zero-order chi connectivity index (χ0) is 16.7. The molecule has 122 valence electrons. The zero-order valence-electron chi connectivity index (χ0n) is 13.9. The fourth-order valence-corrected chi connectivity index (χ4v) is 3.19. The first-order valence-electron chi connectivity index (χ1n) is 7.86. The van der Waals surface area contributed by atoms with Gasteiger partial charge in [-0.05, 0) is 36.2 Å². The highest BCUT2D eigenvalue weighted by Gasteiger charge is 2.27. The average molecular weight is 321 g/mol. The number of aryl methyl sites for hydroxylation is 1. The molecule has 1 aliphatic rings. The standard InChI is InChI=1S/C19H19N3O2/c1-11-6-4-5-7-15(11)20-19-14-8-12-9-16(23-2)17(24-3)10-13(12)18(14)21-22-19/h4-7,9-10H,8H2,1-3H3,(H2,20,21,22). The maximum absolute atomic E-state index is 5.42. The van der Waals surface area contributed by atoms with Crippen molar-refractivity contribution in [3.63, 3.8) is 0 Å². The summed E-state index contributed by atoms with van der Waals surface area (Å²) in [5.74, 6) is 2.41. The Balaban J connectivity index is 1.73. The predicted molar refractivity (Wildman–Crippen MR) is 94.4 cm³/mol. The van der Waals surface area contributed by atoms with Gasteiger partial charge in [-0.3, -0.25) is 5.10 Å². The van der Waals surface area contributed by atoms with Crippen molar-refractivity contribution >= 4 is 11.5 Å². The first kappa shape index (κ1) is 14.6. The van der Waals surface area contributed by atoms with Crippen LogP contribution in [-0.2, 0) is 6.42 Å². The summed E-state index contributed by atoms with van der Waals surface area (Å²) in [6.45, 7) is 2.09. The summed E-state index contributed by atoms with van der Waals surface area (Å²) in [6.07, 6.45) is 0.815. The summed E-state index contributed by atoms with van der Waals surface area (Å²) >= 11 is 0. The number of methoxy groups -OCH3 is 2. The van der Waals surface area contributed by atoms with Crippen LogP contribution in [0.15, 0.2) is 36.4 Å². The highest BCUT2D eigenvalue weighted by Crippen LogP contribution is 2.44. The Morgan fingerprint density at radius 3 is 2.58 bits per heavy atom. The highest BCUT2D eigenvalue weighted by molar-refractivity contribution is 5.81. The minimum atomic E-state index is 0.723. The van der Waals surface area contributed by atoms with Gasteiger partial charge < -0.3 is 14.8 Å². The zero-order valence-corrected chi connectivity index (χ0v) is 13.9. The fraction of sp³-hybridized carbons (Fsp3) is 0.211. The van der Waals surface area contributed by atoms with Crippen molar-refractivity contribution in [1.82, 2.24) is 10.2 Å². The number of anilines is 2. The molecule has 0 fully saturated rings. The molecule has 3 aromatic rings. The van der Waals surface area contributed by atoms with Gasteiger partial charge in [-0.25, -0.2) is 0 Å². The van der Waals surface area contributed by atoms with Crippen molar-refractivity contribution < 1.29 is 9.47 Å². The summed E-state index contributed by atoms with van der Waals surface area (Å²) in [6, 6.07) is 12.2. The lowest BCUT2D eigenvalue weighted by Crippen LogP contribution is -1.97. The van der Waals surface area contributed by atoms with Gasteiger partial charge in [-0.15, -0.1) is 0 Å². The molecule has 0 aliphatic heterocycles. The third-order valence-corrected chi connectivity index (χ3v) is 4.50. The van der Waals surface area contributed by atoms with Crippen molar-refractivity contribution in [2.45, 2.75) is 13.3 Å². The number of nitrogens with one attached hydrogen (secondary N) is 2. The van der Waals surface area contributed by atoms with Crippen LogP contribution in [0.3, 0.4) is 0 Å². The Kier molecular flexibility index (Phi) is 3.41. The Labute approximate surface area is 140 Å². The Bertz CT molecular complexity index is 915. The Morgan fingerprint density at radius 2 is 1.83 bits per heavy atom. The molecule has 0 bridgehead atoms. The summed E-state index contributed by atoms with van der Waals surface area (Å²) in [7, 11) is 3.30. The van der Waals surface area contributed by atoms with Crippen LogP contribution >= 0.6 is 0 Å². The molecular formula is C19H19N3O2. The second-order valence-corrected chi connectivity index (χ2v) is 5.91. The summed E-state index contributed by atoms with van der Waals surface area (Å²) in [5, 5.41) is 11.1. The number of aromatic amines is 1. The van der Waals surface area contributed by atoms with Crippen LogP contribution in [0.1, 0.15) is 16.7 Å². The number of nitrogens with zero attached hydrogens (tertiary/aromatic N) is 1. The van der Waals surface area contributed by atoms with Gasteiger partial charge in [0.2, 0.25) is 0 Å². The van der Waals surface area contributed by atoms with E-state index in [2.05, 4.69) is 34.6 Å². The van der Waals surface area contributed by atoms with Crippen molar-refractivity contribution in [2.75, 3.05) is 19.5 Å². The van der Waals surface area contributed by atoms with E-state index in [0.29, 0.717) is 0 Å². The second-order valence-electron chi connectivity index (χ2n) is 5.91. The molecule has 1 heterocycles. The molecule has 0 saturated carbocycles. The van der Waals surface area contributed by atoms with E-state index in [9.17, 15) is 0 Å². The van der Waals surface area contributed by atoms with Gasteiger partial charge in [0, 0.05) is 23.2 Å². The summed E-state index contributed by atoms with van der Waals surface area (Å²) < 4.78 is 10.8. The molecule has 0 atom stereocenters. The second kappa shape index (κ2) is 5.60. The van der Waals surface area contributed by atoms with Gasteiger partial charge in [0.15, 0.2) is 11.5 Å². The number of para-hydroxylation sites is 1. The van der Waals surface area contributed by atoms with E-state index in [4.69, 9.17) is 9.47 Å². The quantitative estimate of drug-likeness (QED) is 0.595. The molecule has 1 aromatic heterocycles. The van der Waals surface area contributed by atoms with Gasteiger partial charge in [-0.2, -0.15) is 5.10 Å². The van der Waals surface area contributed by atoms with Crippen LogP contribution < -0.4 is 14.8 Å². The minimum Gasteiger partial charge on any atom is -0.493 e. The van der Waals surface area contributed by atoms with Gasteiger partial charge in [-0.1, -0.05) is 18.2 Å². The smallest absolute Gasteiger partial charge is 0.161 e. The number of aromatic nitrogens is 2. The molecule has 4 rings (SSSR count). The number of ether oxygens (including phenoxy) is 2. The van der Waals surface area contributed by atoms with Crippen LogP contribution in [0, 0.1) is 6.92 Å². The topological polar surface area (TPSA) is 59.2 Å². The van der Waals surface area contributed by atoms with E-state index in [0.717, 1.165) is 40.7 Å². The van der Waals surface area contributed by atoms with Crippen LogP contribution in [0.25, 0.3) is 11.3 Å². The largest absolute Gasteiger partial charge is 0.493 e. The molecular weight excluding hydrogens is 302 g/mol.